The van der Waals surface area contributed by atoms with Crippen LogP contribution in [-0.2, 0) is 6.54 Å². The highest BCUT2D eigenvalue weighted by Crippen LogP contribution is 2.49. The standard InChI is InChI=1S/C15H23N3/c1-2-14(17-5-1)15-8-16-10-18(15)9-13-7-11-3-4-12(13)6-11/h8,10-14,17H,1-7,9H2/t11?,12?,13?,14-/m0/s1. The van der Waals surface area contributed by atoms with Crippen LogP contribution in [0.4, 0.5) is 0 Å². The number of hydrogen-bond acceptors (Lipinski definition) is 2. The van der Waals surface area contributed by atoms with E-state index >= 15 is 0 Å². The molecule has 1 aromatic rings. The van der Waals surface area contributed by atoms with Gasteiger partial charge in [0.25, 0.3) is 0 Å². The maximum atomic E-state index is 4.39. The lowest BCUT2D eigenvalue weighted by Gasteiger charge is -2.24. The predicted octanol–water partition coefficient (Wildman–Crippen LogP) is 2.74. The minimum absolute atomic E-state index is 0.561. The lowest BCUT2D eigenvalue weighted by Crippen LogP contribution is -2.21. The van der Waals surface area contributed by atoms with Crippen LogP contribution in [0, 0.1) is 17.8 Å². The first-order valence-electron chi connectivity index (χ1n) is 7.63. The van der Waals surface area contributed by atoms with Crippen molar-refractivity contribution in [1.82, 2.24) is 14.9 Å². The molecule has 0 radical (unpaired) electrons. The Balaban J connectivity index is 1.49. The van der Waals surface area contributed by atoms with E-state index < -0.39 is 0 Å². The van der Waals surface area contributed by atoms with E-state index in [1.807, 2.05) is 0 Å². The van der Waals surface area contributed by atoms with Gasteiger partial charge in [-0.2, -0.15) is 0 Å². The zero-order valence-electron chi connectivity index (χ0n) is 11.0. The van der Waals surface area contributed by atoms with E-state index in [4.69, 9.17) is 0 Å². The van der Waals surface area contributed by atoms with Crippen LogP contribution in [0.2, 0.25) is 0 Å². The van der Waals surface area contributed by atoms with Crippen molar-refractivity contribution in [3.05, 3.63) is 18.2 Å². The van der Waals surface area contributed by atoms with Crippen molar-refractivity contribution in [2.45, 2.75) is 51.1 Å². The second kappa shape index (κ2) is 4.37. The van der Waals surface area contributed by atoms with Crippen molar-refractivity contribution in [2.24, 2.45) is 17.8 Å². The first kappa shape index (κ1) is 11.0. The fourth-order valence-electron chi connectivity index (χ4n) is 4.56. The van der Waals surface area contributed by atoms with Gasteiger partial charge in [0, 0.05) is 18.8 Å². The van der Waals surface area contributed by atoms with Crippen LogP contribution in [0.1, 0.15) is 50.3 Å². The molecule has 3 nitrogen and oxygen atoms in total. The molecule has 3 aliphatic rings. The third-order valence-corrected chi connectivity index (χ3v) is 5.48. The Morgan fingerprint density at radius 3 is 3.00 bits per heavy atom. The molecular formula is C15H23N3. The summed E-state index contributed by atoms with van der Waals surface area (Å²) in [6.45, 7) is 2.39. The van der Waals surface area contributed by atoms with Gasteiger partial charge >= 0.3 is 0 Å². The minimum atomic E-state index is 0.561. The molecule has 2 heterocycles. The smallest absolute Gasteiger partial charge is 0.0948 e. The van der Waals surface area contributed by atoms with E-state index in [0.29, 0.717) is 6.04 Å². The first-order valence-corrected chi connectivity index (χ1v) is 7.63. The number of hydrogen-bond donors (Lipinski definition) is 1. The van der Waals surface area contributed by atoms with Crippen LogP contribution in [0.25, 0.3) is 0 Å². The topological polar surface area (TPSA) is 29.9 Å². The van der Waals surface area contributed by atoms with Gasteiger partial charge in [0.05, 0.1) is 12.0 Å². The number of rotatable bonds is 3. The maximum Gasteiger partial charge on any atom is 0.0948 e. The fourth-order valence-corrected chi connectivity index (χ4v) is 4.56. The molecule has 0 spiro atoms. The van der Waals surface area contributed by atoms with Crippen LogP contribution in [0.5, 0.6) is 0 Å². The Morgan fingerprint density at radius 1 is 1.28 bits per heavy atom. The summed E-state index contributed by atoms with van der Waals surface area (Å²) in [7, 11) is 0. The molecule has 3 heteroatoms. The van der Waals surface area contributed by atoms with Crippen LogP contribution >= 0.6 is 0 Å². The highest BCUT2D eigenvalue weighted by Gasteiger charge is 2.39. The zero-order valence-corrected chi connectivity index (χ0v) is 11.0. The summed E-state index contributed by atoms with van der Waals surface area (Å²) in [5.74, 6) is 3.00. The molecule has 18 heavy (non-hydrogen) atoms. The van der Waals surface area contributed by atoms with E-state index in [9.17, 15) is 0 Å². The normalized spacial score (nSPS) is 38.7. The van der Waals surface area contributed by atoms with Gasteiger partial charge < -0.3 is 9.88 Å². The number of nitrogens with one attached hydrogen (secondary N) is 1. The second-order valence-electron chi connectivity index (χ2n) is 6.55. The minimum Gasteiger partial charge on any atom is -0.333 e. The third kappa shape index (κ3) is 1.80. The van der Waals surface area contributed by atoms with Gasteiger partial charge in [0.2, 0.25) is 0 Å². The summed E-state index contributed by atoms with van der Waals surface area (Å²) in [5, 5.41) is 3.60. The van der Waals surface area contributed by atoms with Crippen LogP contribution in [0.3, 0.4) is 0 Å². The summed E-state index contributed by atoms with van der Waals surface area (Å²) < 4.78 is 2.44. The highest BCUT2D eigenvalue weighted by atomic mass is 15.1. The molecule has 1 aliphatic heterocycles. The number of nitrogens with zero attached hydrogens (tertiary/aromatic N) is 2. The fraction of sp³-hybridized carbons (Fsp3) is 0.800. The van der Waals surface area contributed by atoms with Crippen LogP contribution < -0.4 is 5.32 Å². The molecule has 1 aromatic heterocycles. The summed E-state index contributed by atoms with van der Waals surface area (Å²) >= 11 is 0. The second-order valence-corrected chi connectivity index (χ2v) is 6.55. The molecule has 4 rings (SSSR count). The van der Waals surface area contributed by atoms with E-state index in [1.54, 1.807) is 0 Å². The lowest BCUT2D eigenvalue weighted by atomic mass is 9.88. The quantitative estimate of drug-likeness (QED) is 0.887. The van der Waals surface area contributed by atoms with Crippen molar-refractivity contribution in [3.63, 3.8) is 0 Å². The van der Waals surface area contributed by atoms with Gasteiger partial charge in [-0.1, -0.05) is 6.42 Å². The van der Waals surface area contributed by atoms with E-state index in [1.165, 1.54) is 57.3 Å². The van der Waals surface area contributed by atoms with E-state index in [-0.39, 0.29) is 0 Å². The number of imidazole rings is 1. The number of fused-ring (bicyclic) bond motifs is 2. The Labute approximate surface area is 109 Å². The van der Waals surface area contributed by atoms with Crippen molar-refractivity contribution < 1.29 is 0 Å². The molecule has 0 amide bonds. The average molecular weight is 245 g/mol. The van der Waals surface area contributed by atoms with Crippen molar-refractivity contribution in [1.29, 1.82) is 0 Å². The van der Waals surface area contributed by atoms with Gasteiger partial charge in [0.15, 0.2) is 0 Å². The molecule has 4 atom stereocenters. The Hall–Kier alpha value is -0.830. The average Bonchev–Trinajstić information content (AvgIpc) is 3.14. The molecule has 3 fully saturated rings. The Kier molecular flexibility index (Phi) is 2.68. The zero-order chi connectivity index (χ0) is 11.9. The van der Waals surface area contributed by atoms with Crippen molar-refractivity contribution >= 4 is 0 Å². The summed E-state index contributed by atoms with van der Waals surface area (Å²) in [5.41, 5.74) is 1.43. The lowest BCUT2D eigenvalue weighted by molar-refractivity contribution is 0.291. The molecule has 2 bridgehead atoms. The molecule has 0 aromatic carbocycles. The summed E-state index contributed by atoms with van der Waals surface area (Å²) in [6, 6.07) is 0.561. The van der Waals surface area contributed by atoms with Gasteiger partial charge in [-0.15, -0.1) is 0 Å². The van der Waals surface area contributed by atoms with Crippen LogP contribution in [0.15, 0.2) is 12.5 Å². The van der Waals surface area contributed by atoms with Gasteiger partial charge in [-0.05, 0) is 56.4 Å². The first-order chi connectivity index (χ1) is 8.90. The van der Waals surface area contributed by atoms with E-state index in [0.717, 1.165) is 17.8 Å². The molecule has 2 saturated carbocycles. The molecule has 98 valence electrons. The van der Waals surface area contributed by atoms with Crippen molar-refractivity contribution in [3.8, 4) is 0 Å². The summed E-state index contributed by atoms with van der Waals surface area (Å²) in [4.78, 5) is 4.39. The van der Waals surface area contributed by atoms with Gasteiger partial charge in [-0.25, -0.2) is 4.98 Å². The predicted molar refractivity (Wildman–Crippen MR) is 71.1 cm³/mol. The molecule has 1 saturated heterocycles. The van der Waals surface area contributed by atoms with Crippen molar-refractivity contribution in [2.75, 3.05) is 6.54 Å². The largest absolute Gasteiger partial charge is 0.333 e. The Morgan fingerprint density at radius 2 is 2.28 bits per heavy atom. The molecule has 2 aliphatic carbocycles. The molecule has 1 N–H and O–H groups in total. The highest BCUT2D eigenvalue weighted by molar-refractivity contribution is 5.08. The maximum absolute atomic E-state index is 4.39. The van der Waals surface area contributed by atoms with Crippen LogP contribution in [-0.4, -0.2) is 16.1 Å². The van der Waals surface area contributed by atoms with Gasteiger partial charge in [-0.3, -0.25) is 0 Å². The summed E-state index contributed by atoms with van der Waals surface area (Å²) in [6.07, 6.45) is 12.7. The van der Waals surface area contributed by atoms with Gasteiger partial charge in [0.1, 0.15) is 0 Å². The third-order valence-electron chi connectivity index (χ3n) is 5.48. The SMILES string of the molecule is c1ncn(CC2CC3CCC2C3)c1[C@@H]1CCCN1. The molecular weight excluding hydrogens is 222 g/mol. The molecule has 3 unspecified atom stereocenters. The monoisotopic (exact) mass is 245 g/mol. The van der Waals surface area contributed by atoms with E-state index in [2.05, 4.69) is 27.4 Å². The number of aromatic nitrogens is 2. The Bertz CT molecular complexity index is 419.